The average Bonchev–Trinajstić information content (AvgIpc) is 2.77. The van der Waals surface area contributed by atoms with E-state index in [4.69, 9.17) is 10.5 Å². The molecule has 2 rings (SSSR count). The molecule has 78 valence electrons. The second-order valence-electron chi connectivity index (χ2n) is 3.59. The Morgan fingerprint density at radius 1 is 1.64 bits per heavy atom. The number of ether oxygens (including phenoxy) is 1. The van der Waals surface area contributed by atoms with E-state index in [0.717, 1.165) is 38.1 Å². The monoisotopic (exact) mass is 196 g/mol. The summed E-state index contributed by atoms with van der Waals surface area (Å²) in [4.78, 5) is 0. The van der Waals surface area contributed by atoms with Gasteiger partial charge in [0, 0.05) is 6.61 Å². The van der Waals surface area contributed by atoms with Gasteiger partial charge in [-0.15, -0.1) is 5.10 Å². The van der Waals surface area contributed by atoms with Crippen LogP contribution in [0.3, 0.4) is 0 Å². The fourth-order valence-corrected chi connectivity index (χ4v) is 1.84. The lowest BCUT2D eigenvalue weighted by molar-refractivity contribution is 0.0928. The number of nitrogens with two attached hydrogens (primary N) is 1. The van der Waals surface area contributed by atoms with Crippen molar-refractivity contribution in [2.45, 2.75) is 38.8 Å². The standard InChI is InChI=1S/C9H16N4O/c1-2-8-9(10)11-12-13(8)6-7-4-3-5-14-7/h7H,2-6,10H2,1H3. The molecule has 0 aliphatic carbocycles. The summed E-state index contributed by atoms with van der Waals surface area (Å²) < 4.78 is 7.40. The maximum absolute atomic E-state index is 5.69. The van der Waals surface area contributed by atoms with Crippen LogP contribution in [0.1, 0.15) is 25.5 Å². The molecule has 0 spiro atoms. The van der Waals surface area contributed by atoms with Crippen molar-refractivity contribution in [3.8, 4) is 0 Å². The van der Waals surface area contributed by atoms with Crippen molar-refractivity contribution >= 4 is 5.82 Å². The normalized spacial score (nSPS) is 21.6. The van der Waals surface area contributed by atoms with Gasteiger partial charge in [0.25, 0.3) is 0 Å². The first kappa shape index (κ1) is 9.45. The molecule has 1 unspecified atom stereocenters. The van der Waals surface area contributed by atoms with Crippen molar-refractivity contribution in [1.82, 2.24) is 15.0 Å². The molecule has 0 amide bonds. The molecule has 2 N–H and O–H groups in total. The minimum absolute atomic E-state index is 0.293. The number of hydrogen-bond acceptors (Lipinski definition) is 4. The summed E-state index contributed by atoms with van der Waals surface area (Å²) in [5, 5.41) is 7.88. The number of rotatable bonds is 3. The minimum Gasteiger partial charge on any atom is -0.381 e. The van der Waals surface area contributed by atoms with E-state index in [0.29, 0.717) is 11.9 Å². The number of hydrogen-bond donors (Lipinski definition) is 1. The van der Waals surface area contributed by atoms with Gasteiger partial charge in [0.05, 0.1) is 18.3 Å². The molecule has 1 aromatic heterocycles. The maximum atomic E-state index is 5.69. The van der Waals surface area contributed by atoms with Crippen LogP contribution in [0.25, 0.3) is 0 Å². The lowest BCUT2D eigenvalue weighted by atomic mass is 10.2. The smallest absolute Gasteiger partial charge is 0.169 e. The Morgan fingerprint density at radius 3 is 3.14 bits per heavy atom. The van der Waals surface area contributed by atoms with Crippen LogP contribution in [-0.2, 0) is 17.7 Å². The molecule has 1 aliphatic rings. The quantitative estimate of drug-likeness (QED) is 0.768. The highest BCUT2D eigenvalue weighted by atomic mass is 16.5. The Morgan fingerprint density at radius 2 is 2.50 bits per heavy atom. The largest absolute Gasteiger partial charge is 0.381 e. The molecule has 1 aromatic rings. The van der Waals surface area contributed by atoms with E-state index in [2.05, 4.69) is 17.2 Å². The van der Waals surface area contributed by atoms with Crippen LogP contribution in [0.5, 0.6) is 0 Å². The van der Waals surface area contributed by atoms with Gasteiger partial charge in [-0.3, -0.25) is 0 Å². The molecule has 14 heavy (non-hydrogen) atoms. The first-order valence-corrected chi connectivity index (χ1v) is 5.10. The fraction of sp³-hybridized carbons (Fsp3) is 0.778. The van der Waals surface area contributed by atoms with Gasteiger partial charge in [-0.25, -0.2) is 4.68 Å². The van der Waals surface area contributed by atoms with Gasteiger partial charge in [0.2, 0.25) is 0 Å². The Labute approximate surface area is 83.2 Å². The molecule has 1 atom stereocenters. The van der Waals surface area contributed by atoms with Crippen LogP contribution in [-0.4, -0.2) is 27.7 Å². The summed E-state index contributed by atoms with van der Waals surface area (Å²) in [6.45, 7) is 3.71. The number of nitrogen functional groups attached to an aromatic ring is 1. The lowest BCUT2D eigenvalue weighted by Gasteiger charge is -2.10. The first-order chi connectivity index (χ1) is 6.81. The van der Waals surface area contributed by atoms with Crippen LogP contribution >= 0.6 is 0 Å². The van der Waals surface area contributed by atoms with E-state index < -0.39 is 0 Å². The molecular weight excluding hydrogens is 180 g/mol. The Hall–Kier alpha value is -1.10. The predicted octanol–water partition coefficient (Wildman–Crippen LogP) is 0.602. The van der Waals surface area contributed by atoms with Gasteiger partial charge in [0.15, 0.2) is 5.82 Å². The number of aromatic nitrogens is 3. The molecule has 1 saturated heterocycles. The molecule has 0 radical (unpaired) electrons. The van der Waals surface area contributed by atoms with Crippen LogP contribution in [0.15, 0.2) is 0 Å². The SMILES string of the molecule is CCc1c(N)nnn1CC1CCCO1. The fourth-order valence-electron chi connectivity index (χ4n) is 1.84. The van der Waals surface area contributed by atoms with Crippen LogP contribution in [0.2, 0.25) is 0 Å². The summed E-state index contributed by atoms with van der Waals surface area (Å²) in [5.41, 5.74) is 6.71. The minimum atomic E-state index is 0.293. The van der Waals surface area contributed by atoms with Crippen molar-refractivity contribution in [3.05, 3.63) is 5.69 Å². The van der Waals surface area contributed by atoms with Crippen molar-refractivity contribution in [2.24, 2.45) is 0 Å². The lowest BCUT2D eigenvalue weighted by Crippen LogP contribution is -2.18. The summed E-state index contributed by atoms with van der Waals surface area (Å²) in [5.74, 6) is 0.547. The summed E-state index contributed by atoms with van der Waals surface area (Å²) >= 11 is 0. The third-order valence-corrected chi connectivity index (χ3v) is 2.60. The highest BCUT2D eigenvalue weighted by Gasteiger charge is 2.18. The second kappa shape index (κ2) is 3.96. The zero-order valence-electron chi connectivity index (χ0n) is 8.44. The summed E-state index contributed by atoms with van der Waals surface area (Å²) in [7, 11) is 0. The highest BCUT2D eigenvalue weighted by molar-refractivity contribution is 5.32. The van der Waals surface area contributed by atoms with Gasteiger partial charge in [0.1, 0.15) is 0 Å². The molecule has 0 saturated carbocycles. The van der Waals surface area contributed by atoms with E-state index >= 15 is 0 Å². The zero-order valence-corrected chi connectivity index (χ0v) is 8.44. The molecule has 1 fully saturated rings. The summed E-state index contributed by atoms with van der Waals surface area (Å²) in [6.07, 6.45) is 3.42. The third-order valence-electron chi connectivity index (χ3n) is 2.60. The van der Waals surface area contributed by atoms with E-state index in [-0.39, 0.29) is 0 Å². The Bertz CT molecular complexity index is 304. The van der Waals surface area contributed by atoms with Crippen molar-refractivity contribution in [2.75, 3.05) is 12.3 Å². The summed E-state index contributed by atoms with van der Waals surface area (Å²) in [6, 6.07) is 0. The predicted molar refractivity (Wildman–Crippen MR) is 52.8 cm³/mol. The van der Waals surface area contributed by atoms with Gasteiger partial charge >= 0.3 is 0 Å². The van der Waals surface area contributed by atoms with E-state index in [1.54, 1.807) is 0 Å². The topological polar surface area (TPSA) is 66.0 Å². The van der Waals surface area contributed by atoms with E-state index in [1.807, 2.05) is 4.68 Å². The molecule has 0 bridgehead atoms. The average molecular weight is 196 g/mol. The molecule has 5 heteroatoms. The molecule has 2 heterocycles. The number of nitrogens with zero attached hydrogens (tertiary/aromatic N) is 3. The molecule has 1 aliphatic heterocycles. The molecular formula is C9H16N4O. The van der Waals surface area contributed by atoms with Crippen LogP contribution in [0.4, 0.5) is 5.82 Å². The Balaban J connectivity index is 2.07. The van der Waals surface area contributed by atoms with Crippen molar-refractivity contribution < 1.29 is 4.74 Å². The van der Waals surface area contributed by atoms with Crippen LogP contribution < -0.4 is 5.73 Å². The third kappa shape index (κ3) is 1.72. The van der Waals surface area contributed by atoms with Crippen molar-refractivity contribution in [1.29, 1.82) is 0 Å². The second-order valence-corrected chi connectivity index (χ2v) is 3.59. The van der Waals surface area contributed by atoms with E-state index in [1.165, 1.54) is 0 Å². The van der Waals surface area contributed by atoms with Gasteiger partial charge in [-0.1, -0.05) is 12.1 Å². The Kier molecular flexibility index (Phi) is 2.67. The van der Waals surface area contributed by atoms with Crippen LogP contribution in [0, 0.1) is 0 Å². The zero-order chi connectivity index (χ0) is 9.97. The van der Waals surface area contributed by atoms with Gasteiger partial charge in [-0.05, 0) is 19.3 Å². The highest BCUT2D eigenvalue weighted by Crippen LogP contribution is 2.16. The van der Waals surface area contributed by atoms with Gasteiger partial charge in [-0.2, -0.15) is 0 Å². The van der Waals surface area contributed by atoms with Crippen molar-refractivity contribution in [3.63, 3.8) is 0 Å². The maximum Gasteiger partial charge on any atom is 0.169 e. The molecule has 0 aromatic carbocycles. The van der Waals surface area contributed by atoms with Gasteiger partial charge < -0.3 is 10.5 Å². The van der Waals surface area contributed by atoms with E-state index in [9.17, 15) is 0 Å². The molecule has 5 nitrogen and oxygen atoms in total. The number of anilines is 1. The first-order valence-electron chi connectivity index (χ1n) is 5.10.